The van der Waals surface area contributed by atoms with E-state index in [-0.39, 0.29) is 12.1 Å². The van der Waals surface area contributed by atoms with Gasteiger partial charge in [-0.15, -0.1) is 11.3 Å². The normalized spacial score (nSPS) is 12.1. The smallest absolute Gasteiger partial charge is 0.250 e. The number of thiophene rings is 1. The van der Waals surface area contributed by atoms with E-state index in [9.17, 15) is 16.8 Å². The van der Waals surface area contributed by atoms with Gasteiger partial charge in [0.05, 0.1) is 16.8 Å². The predicted octanol–water partition coefficient (Wildman–Crippen LogP) is 2.44. The fraction of sp³-hybridized carbons (Fsp3) is 0.438. The van der Waals surface area contributed by atoms with Crippen LogP contribution in [0.25, 0.3) is 10.6 Å². The van der Waals surface area contributed by atoms with Crippen LogP contribution in [0.2, 0.25) is 0 Å². The first-order chi connectivity index (χ1) is 11.9. The standard InChI is InChI=1S/C12H14N2O2S2.C4H11NO2S/c1-9(2)14-18(15,16)12-7-6-11(17-12)10-5-3-4-8-13-10;1-4(2)5-8(3,6)7/h3-9,14H,1-2H3;4-5H,1-3H3. The highest BCUT2D eigenvalue weighted by molar-refractivity contribution is 7.91. The maximum absolute atomic E-state index is 12.0. The summed E-state index contributed by atoms with van der Waals surface area (Å²) in [6.07, 6.45) is 2.84. The first-order valence-electron chi connectivity index (χ1n) is 7.91. The molecule has 0 spiro atoms. The Bertz CT molecular complexity index is 890. The molecule has 0 bridgehead atoms. The van der Waals surface area contributed by atoms with Crippen LogP contribution in [0.1, 0.15) is 27.7 Å². The van der Waals surface area contributed by atoms with Gasteiger partial charge in [0.1, 0.15) is 4.21 Å². The summed E-state index contributed by atoms with van der Waals surface area (Å²) in [5.41, 5.74) is 0.786. The first-order valence-corrected chi connectivity index (χ1v) is 12.1. The van der Waals surface area contributed by atoms with E-state index in [2.05, 4.69) is 14.4 Å². The van der Waals surface area contributed by atoms with Crippen molar-refractivity contribution in [1.82, 2.24) is 14.4 Å². The van der Waals surface area contributed by atoms with Gasteiger partial charge in [0.2, 0.25) is 20.0 Å². The molecule has 2 aromatic rings. The molecule has 0 atom stereocenters. The van der Waals surface area contributed by atoms with Crippen LogP contribution in [0.5, 0.6) is 0 Å². The van der Waals surface area contributed by atoms with E-state index in [1.807, 2.05) is 18.2 Å². The van der Waals surface area contributed by atoms with Crippen LogP contribution >= 0.6 is 11.3 Å². The zero-order chi connectivity index (χ0) is 20.0. The molecule has 2 rings (SSSR count). The highest BCUT2D eigenvalue weighted by atomic mass is 32.2. The lowest BCUT2D eigenvalue weighted by atomic mass is 10.3. The van der Waals surface area contributed by atoms with E-state index >= 15 is 0 Å². The Morgan fingerprint density at radius 3 is 1.96 bits per heavy atom. The summed E-state index contributed by atoms with van der Waals surface area (Å²) in [5.74, 6) is 0. The largest absolute Gasteiger partial charge is 0.255 e. The zero-order valence-electron chi connectivity index (χ0n) is 15.4. The molecule has 0 saturated carbocycles. The van der Waals surface area contributed by atoms with Gasteiger partial charge in [-0.2, -0.15) is 0 Å². The molecule has 0 fully saturated rings. The lowest BCUT2D eigenvalue weighted by molar-refractivity contribution is 0.571. The van der Waals surface area contributed by atoms with Crippen LogP contribution in [0.4, 0.5) is 0 Å². The summed E-state index contributed by atoms with van der Waals surface area (Å²) >= 11 is 1.22. The van der Waals surface area contributed by atoms with E-state index in [1.165, 1.54) is 11.3 Å². The van der Waals surface area contributed by atoms with Crippen molar-refractivity contribution in [2.45, 2.75) is 44.0 Å². The van der Waals surface area contributed by atoms with Gasteiger partial charge in [-0.25, -0.2) is 26.3 Å². The van der Waals surface area contributed by atoms with E-state index < -0.39 is 20.0 Å². The van der Waals surface area contributed by atoms with Crippen LogP contribution in [-0.2, 0) is 20.0 Å². The van der Waals surface area contributed by atoms with E-state index in [0.29, 0.717) is 4.21 Å². The number of sulfonamides is 2. The average molecular weight is 420 g/mol. The Kier molecular flexibility index (Phi) is 8.35. The lowest BCUT2D eigenvalue weighted by Gasteiger charge is -2.06. The van der Waals surface area contributed by atoms with Crippen molar-refractivity contribution >= 4 is 31.4 Å². The van der Waals surface area contributed by atoms with Crippen LogP contribution in [0, 0.1) is 0 Å². The fourth-order valence-corrected chi connectivity index (χ4v) is 5.31. The Balaban J connectivity index is 0.000000359. The molecule has 0 aliphatic carbocycles. The van der Waals surface area contributed by atoms with Crippen molar-refractivity contribution in [2.24, 2.45) is 0 Å². The second-order valence-electron chi connectivity index (χ2n) is 6.15. The minimum atomic E-state index is -3.41. The van der Waals surface area contributed by atoms with Gasteiger partial charge in [-0.1, -0.05) is 6.07 Å². The molecule has 0 aliphatic rings. The molecule has 0 saturated heterocycles. The SMILES string of the molecule is CC(C)NS(=O)(=O)c1ccc(-c2ccccn2)s1.CC(C)NS(C)(=O)=O. The predicted molar refractivity (Wildman–Crippen MR) is 106 cm³/mol. The second kappa shape index (κ2) is 9.56. The summed E-state index contributed by atoms with van der Waals surface area (Å²) in [7, 11) is -6.38. The number of pyridine rings is 1. The van der Waals surface area contributed by atoms with Crippen LogP contribution in [0.3, 0.4) is 0 Å². The van der Waals surface area contributed by atoms with Crippen molar-refractivity contribution < 1.29 is 16.8 Å². The molecular weight excluding hydrogens is 394 g/mol. The number of hydrogen-bond donors (Lipinski definition) is 2. The van der Waals surface area contributed by atoms with Gasteiger partial charge in [-0.05, 0) is 52.0 Å². The Morgan fingerprint density at radius 2 is 1.54 bits per heavy atom. The summed E-state index contributed by atoms with van der Waals surface area (Å²) in [4.78, 5) is 5.05. The third-order valence-electron chi connectivity index (χ3n) is 2.60. The monoisotopic (exact) mass is 419 g/mol. The van der Waals surface area contributed by atoms with Crippen molar-refractivity contribution in [1.29, 1.82) is 0 Å². The fourth-order valence-electron chi connectivity index (χ4n) is 1.91. The molecule has 0 unspecified atom stereocenters. The second-order valence-corrected chi connectivity index (χ2v) is 11.0. The Labute approximate surface area is 160 Å². The van der Waals surface area contributed by atoms with Crippen molar-refractivity contribution in [3.8, 4) is 10.6 Å². The van der Waals surface area contributed by atoms with E-state index in [0.717, 1.165) is 16.8 Å². The van der Waals surface area contributed by atoms with Gasteiger partial charge in [-0.3, -0.25) is 4.98 Å². The molecule has 7 nitrogen and oxygen atoms in total. The molecule has 0 radical (unpaired) electrons. The molecule has 10 heteroatoms. The van der Waals surface area contributed by atoms with Crippen molar-refractivity contribution in [3.05, 3.63) is 36.5 Å². The van der Waals surface area contributed by atoms with Gasteiger partial charge in [0, 0.05) is 18.3 Å². The van der Waals surface area contributed by atoms with E-state index in [4.69, 9.17) is 0 Å². The topological polar surface area (TPSA) is 105 Å². The summed E-state index contributed by atoms with van der Waals surface area (Å²) in [6, 6.07) is 8.84. The quantitative estimate of drug-likeness (QED) is 0.748. The molecule has 0 aromatic carbocycles. The Hall–Kier alpha value is -1.33. The van der Waals surface area contributed by atoms with Gasteiger partial charge >= 0.3 is 0 Å². The van der Waals surface area contributed by atoms with Gasteiger partial charge in [0.15, 0.2) is 0 Å². The molecule has 2 aromatic heterocycles. The highest BCUT2D eigenvalue weighted by Crippen LogP contribution is 2.29. The number of hydrogen-bond acceptors (Lipinski definition) is 6. The summed E-state index contributed by atoms with van der Waals surface area (Å²) in [5, 5.41) is 0. The number of rotatable bonds is 6. The molecular formula is C16H25N3O4S3. The molecule has 2 heterocycles. The minimum absolute atomic E-state index is 0.00463. The van der Waals surface area contributed by atoms with Crippen LogP contribution in [-0.4, -0.2) is 40.2 Å². The maximum Gasteiger partial charge on any atom is 0.250 e. The highest BCUT2D eigenvalue weighted by Gasteiger charge is 2.18. The molecule has 0 aliphatic heterocycles. The molecule has 146 valence electrons. The maximum atomic E-state index is 12.0. The van der Waals surface area contributed by atoms with E-state index in [1.54, 1.807) is 46.0 Å². The summed E-state index contributed by atoms with van der Waals surface area (Å²) < 4.78 is 49.8. The minimum Gasteiger partial charge on any atom is -0.255 e. The molecule has 26 heavy (non-hydrogen) atoms. The molecule has 0 amide bonds. The third-order valence-corrected chi connectivity index (χ3v) is 6.76. The van der Waals surface area contributed by atoms with Crippen molar-refractivity contribution in [3.63, 3.8) is 0 Å². The third kappa shape index (κ3) is 8.37. The lowest BCUT2D eigenvalue weighted by Crippen LogP contribution is -2.29. The first kappa shape index (κ1) is 22.7. The number of nitrogens with one attached hydrogen (secondary N) is 2. The number of nitrogens with zero attached hydrogens (tertiary/aromatic N) is 1. The van der Waals surface area contributed by atoms with Crippen LogP contribution in [0.15, 0.2) is 40.7 Å². The summed E-state index contributed by atoms with van der Waals surface area (Å²) in [6.45, 7) is 7.15. The Morgan fingerprint density at radius 1 is 0.923 bits per heavy atom. The van der Waals surface area contributed by atoms with Crippen LogP contribution < -0.4 is 9.44 Å². The van der Waals surface area contributed by atoms with Gasteiger partial charge < -0.3 is 0 Å². The zero-order valence-corrected chi connectivity index (χ0v) is 17.9. The molecule has 2 N–H and O–H groups in total. The van der Waals surface area contributed by atoms with Gasteiger partial charge in [0.25, 0.3) is 0 Å². The van der Waals surface area contributed by atoms with Crippen molar-refractivity contribution in [2.75, 3.05) is 6.26 Å². The average Bonchev–Trinajstić information content (AvgIpc) is 2.95. The number of aromatic nitrogens is 1.